The van der Waals surface area contributed by atoms with Crippen molar-refractivity contribution in [3.8, 4) is 6.01 Å². The van der Waals surface area contributed by atoms with Crippen LogP contribution in [0.2, 0.25) is 0 Å². The lowest BCUT2D eigenvalue weighted by molar-refractivity contribution is 0.0846. The van der Waals surface area contributed by atoms with Crippen LogP contribution in [0.1, 0.15) is 59.4 Å². The molecule has 0 radical (unpaired) electrons. The first-order chi connectivity index (χ1) is 15.8. The van der Waals surface area contributed by atoms with Crippen molar-refractivity contribution in [3.63, 3.8) is 0 Å². The third-order valence-corrected chi connectivity index (χ3v) is 5.74. The number of anilines is 3. The van der Waals surface area contributed by atoms with Gasteiger partial charge in [0.1, 0.15) is 0 Å². The monoisotopic (exact) mass is 454 g/mol. The van der Waals surface area contributed by atoms with Gasteiger partial charge in [-0.1, -0.05) is 13.0 Å². The molecule has 2 N–H and O–H groups in total. The number of nitrogens with one attached hydrogen (secondary N) is 1. The lowest BCUT2D eigenvalue weighted by Gasteiger charge is -2.36. The average molecular weight is 455 g/mol. The van der Waals surface area contributed by atoms with Crippen molar-refractivity contribution in [1.29, 1.82) is 0 Å². The van der Waals surface area contributed by atoms with Gasteiger partial charge in [-0.05, 0) is 76.3 Å². The second-order valence-corrected chi connectivity index (χ2v) is 8.85. The first kappa shape index (κ1) is 25.0. The highest BCUT2D eigenvalue weighted by Crippen LogP contribution is 2.35. The van der Waals surface area contributed by atoms with E-state index in [0.29, 0.717) is 18.7 Å². The minimum atomic E-state index is -0.877. The van der Waals surface area contributed by atoms with Gasteiger partial charge < -0.3 is 24.8 Å². The number of nitrogens with zero attached hydrogens (tertiary/aromatic N) is 3. The minimum Gasteiger partial charge on any atom is -0.464 e. The summed E-state index contributed by atoms with van der Waals surface area (Å²) in [7, 11) is 0. The third-order valence-electron chi connectivity index (χ3n) is 5.74. The molecule has 0 aliphatic carbocycles. The van der Waals surface area contributed by atoms with Crippen LogP contribution in [0.5, 0.6) is 6.01 Å². The number of ether oxygens (including phenoxy) is 2. The Labute approximate surface area is 197 Å². The Morgan fingerprint density at radius 1 is 1.21 bits per heavy atom. The van der Waals surface area contributed by atoms with Gasteiger partial charge in [-0.3, -0.25) is 0 Å². The van der Waals surface area contributed by atoms with Crippen LogP contribution in [0.25, 0.3) is 5.57 Å². The van der Waals surface area contributed by atoms with E-state index in [1.54, 1.807) is 26.2 Å². The van der Waals surface area contributed by atoms with Gasteiger partial charge in [0, 0.05) is 25.8 Å². The molecule has 180 valence electrons. The van der Waals surface area contributed by atoms with E-state index in [-0.39, 0.29) is 0 Å². The van der Waals surface area contributed by atoms with Crippen molar-refractivity contribution >= 4 is 22.6 Å². The van der Waals surface area contributed by atoms with Crippen molar-refractivity contribution in [3.05, 3.63) is 42.2 Å². The number of aromatic nitrogens is 2. The number of rotatable bonds is 10. The molecular formula is C26H38N4O3. The highest BCUT2D eigenvalue weighted by atomic mass is 16.5. The van der Waals surface area contributed by atoms with Gasteiger partial charge in [0.25, 0.3) is 0 Å². The molecule has 0 spiro atoms. The summed E-state index contributed by atoms with van der Waals surface area (Å²) in [5, 5.41) is 13.9. The third kappa shape index (κ3) is 6.92. The SMILES string of the molecule is CCOc1ncc(Nc2cc(/C(=C/C(C)(C)O)CC)ccc2N(CC)C2CCOCC2)cn1. The Morgan fingerprint density at radius 3 is 2.48 bits per heavy atom. The molecule has 2 aromatic rings. The molecule has 0 saturated carbocycles. The maximum Gasteiger partial charge on any atom is 0.316 e. The fourth-order valence-corrected chi connectivity index (χ4v) is 4.26. The zero-order valence-corrected chi connectivity index (χ0v) is 20.6. The molecule has 0 amide bonds. The first-order valence-corrected chi connectivity index (χ1v) is 12.0. The standard InChI is InChI=1S/C26H38N4O3/c1-6-19(16-26(4,5)31)20-9-10-24(30(7-2)22-11-13-32-14-12-22)23(15-20)29-21-17-27-25(28-18-21)33-8-3/h9-10,15-18,22,29,31H,6-8,11-14H2,1-5H3/b19-16+. The fourth-order valence-electron chi connectivity index (χ4n) is 4.26. The predicted octanol–water partition coefficient (Wildman–Crippen LogP) is 5.19. The fraction of sp³-hybridized carbons (Fsp3) is 0.538. The molecule has 7 heteroatoms. The first-order valence-electron chi connectivity index (χ1n) is 12.0. The lowest BCUT2D eigenvalue weighted by atomic mass is 9.96. The predicted molar refractivity (Wildman–Crippen MR) is 134 cm³/mol. The van der Waals surface area contributed by atoms with Gasteiger partial charge in [-0.15, -0.1) is 0 Å². The Hall–Kier alpha value is -2.64. The van der Waals surface area contributed by atoms with Crippen LogP contribution in [0.3, 0.4) is 0 Å². The molecule has 2 heterocycles. The molecule has 1 aliphatic heterocycles. The topological polar surface area (TPSA) is 79.7 Å². The number of benzene rings is 1. The van der Waals surface area contributed by atoms with Gasteiger partial charge in [0.15, 0.2) is 0 Å². The van der Waals surface area contributed by atoms with E-state index in [9.17, 15) is 5.11 Å². The van der Waals surface area contributed by atoms with E-state index < -0.39 is 5.60 Å². The second kappa shape index (κ2) is 11.5. The van der Waals surface area contributed by atoms with Gasteiger partial charge in [0.2, 0.25) is 0 Å². The summed E-state index contributed by atoms with van der Waals surface area (Å²) in [4.78, 5) is 11.1. The van der Waals surface area contributed by atoms with Crippen LogP contribution in [0, 0.1) is 0 Å². The Balaban J connectivity index is 2.01. The summed E-state index contributed by atoms with van der Waals surface area (Å²) < 4.78 is 11.0. The van der Waals surface area contributed by atoms with Gasteiger partial charge in [0.05, 0.1) is 41.7 Å². The molecule has 0 bridgehead atoms. The van der Waals surface area contributed by atoms with Crippen LogP contribution in [-0.4, -0.2) is 53.1 Å². The van der Waals surface area contributed by atoms with Gasteiger partial charge in [-0.25, -0.2) is 9.97 Å². The van der Waals surface area contributed by atoms with E-state index in [1.807, 2.05) is 13.0 Å². The number of hydrogen-bond acceptors (Lipinski definition) is 7. The van der Waals surface area contributed by atoms with Crippen LogP contribution in [0.15, 0.2) is 36.7 Å². The molecule has 33 heavy (non-hydrogen) atoms. The molecule has 0 atom stereocenters. The van der Waals surface area contributed by atoms with Gasteiger partial charge in [-0.2, -0.15) is 0 Å². The second-order valence-electron chi connectivity index (χ2n) is 8.85. The van der Waals surface area contributed by atoms with Crippen LogP contribution >= 0.6 is 0 Å². The van der Waals surface area contributed by atoms with E-state index in [1.165, 1.54) is 0 Å². The molecule has 1 aromatic heterocycles. The highest BCUT2D eigenvalue weighted by Gasteiger charge is 2.23. The molecular weight excluding hydrogens is 416 g/mol. The molecule has 1 fully saturated rings. The van der Waals surface area contributed by atoms with Crippen molar-refractivity contribution in [2.75, 3.05) is 36.6 Å². The van der Waals surface area contributed by atoms with Crippen LogP contribution in [0.4, 0.5) is 17.1 Å². The average Bonchev–Trinajstić information content (AvgIpc) is 2.80. The Morgan fingerprint density at radius 2 is 1.91 bits per heavy atom. The smallest absolute Gasteiger partial charge is 0.316 e. The lowest BCUT2D eigenvalue weighted by Crippen LogP contribution is -2.39. The van der Waals surface area contributed by atoms with E-state index in [4.69, 9.17) is 9.47 Å². The summed E-state index contributed by atoms with van der Waals surface area (Å²) in [5.41, 5.74) is 4.24. The maximum absolute atomic E-state index is 10.4. The number of allylic oxidation sites excluding steroid dienone is 1. The van der Waals surface area contributed by atoms with Crippen LogP contribution < -0.4 is 15.0 Å². The highest BCUT2D eigenvalue weighted by molar-refractivity contribution is 5.80. The summed E-state index contributed by atoms with van der Waals surface area (Å²) in [5.74, 6) is 0. The van der Waals surface area contributed by atoms with Crippen molar-refractivity contribution < 1.29 is 14.6 Å². The minimum absolute atomic E-state index is 0.371. The number of aliphatic hydroxyl groups is 1. The summed E-state index contributed by atoms with van der Waals surface area (Å²) >= 11 is 0. The molecule has 0 unspecified atom stereocenters. The zero-order chi connectivity index (χ0) is 23.8. The van der Waals surface area contributed by atoms with Crippen molar-refractivity contribution in [1.82, 2.24) is 9.97 Å². The normalized spacial score (nSPS) is 15.4. The molecule has 1 saturated heterocycles. The van der Waals surface area contributed by atoms with Crippen LogP contribution in [-0.2, 0) is 4.74 Å². The number of hydrogen-bond donors (Lipinski definition) is 2. The molecule has 1 aliphatic rings. The van der Waals surface area contributed by atoms with E-state index >= 15 is 0 Å². The van der Waals surface area contributed by atoms with Crippen molar-refractivity contribution in [2.24, 2.45) is 0 Å². The van der Waals surface area contributed by atoms with Crippen molar-refractivity contribution in [2.45, 2.75) is 65.5 Å². The zero-order valence-electron chi connectivity index (χ0n) is 20.6. The Bertz CT molecular complexity index is 916. The van der Waals surface area contributed by atoms with Gasteiger partial charge >= 0.3 is 6.01 Å². The molecule has 3 rings (SSSR count). The maximum atomic E-state index is 10.4. The largest absolute Gasteiger partial charge is 0.464 e. The van der Waals surface area contributed by atoms with E-state index in [2.05, 4.69) is 52.2 Å². The Kier molecular flexibility index (Phi) is 8.69. The quantitative estimate of drug-likeness (QED) is 0.511. The summed E-state index contributed by atoms with van der Waals surface area (Å²) in [6.07, 6.45) is 8.27. The summed E-state index contributed by atoms with van der Waals surface area (Å²) in [6, 6.07) is 7.30. The molecule has 1 aromatic carbocycles. The summed E-state index contributed by atoms with van der Waals surface area (Å²) in [6.45, 7) is 12.8. The van der Waals surface area contributed by atoms with E-state index in [0.717, 1.165) is 67.2 Å². The molecule has 7 nitrogen and oxygen atoms in total.